The molecular formula is C19H17NO7S. The van der Waals surface area contributed by atoms with E-state index in [1.54, 1.807) is 24.3 Å². The lowest BCUT2D eigenvalue weighted by Gasteiger charge is -2.12. The minimum Gasteiger partial charge on any atom is -0.490 e. The van der Waals surface area contributed by atoms with E-state index < -0.39 is 5.97 Å². The Morgan fingerprint density at radius 2 is 2.00 bits per heavy atom. The lowest BCUT2D eigenvalue weighted by molar-refractivity contribution is -0.121. The van der Waals surface area contributed by atoms with Crippen LogP contribution in [0.1, 0.15) is 28.8 Å². The lowest BCUT2D eigenvalue weighted by atomic mass is 10.2. The zero-order chi connectivity index (χ0) is 20.3. The lowest BCUT2D eigenvalue weighted by Crippen LogP contribution is -2.22. The molecule has 0 bridgehead atoms. The van der Waals surface area contributed by atoms with Crippen molar-refractivity contribution in [2.24, 2.45) is 0 Å². The summed E-state index contributed by atoms with van der Waals surface area (Å²) in [6.45, 7) is 2.25. The van der Waals surface area contributed by atoms with Crippen LogP contribution in [0, 0.1) is 0 Å². The number of likely N-dealkylation sites (N-methyl/N-ethyl adjacent to an activating group) is 1. The van der Waals surface area contributed by atoms with Gasteiger partial charge in [-0.25, -0.2) is 4.79 Å². The molecule has 0 spiro atoms. The Bertz CT molecular complexity index is 963. The van der Waals surface area contributed by atoms with E-state index in [2.05, 4.69) is 0 Å². The third-order valence-corrected chi connectivity index (χ3v) is 4.76. The number of nitrogens with zero attached hydrogens (tertiary/aromatic N) is 1. The van der Waals surface area contributed by atoms with E-state index in [0.29, 0.717) is 34.3 Å². The number of rotatable bonds is 7. The smallest absolute Gasteiger partial charge is 0.371 e. The third-order valence-electron chi connectivity index (χ3n) is 3.79. The topological polar surface area (TPSA) is 106 Å². The highest BCUT2D eigenvalue weighted by Gasteiger charge is 2.31. The molecule has 1 fully saturated rings. The van der Waals surface area contributed by atoms with Gasteiger partial charge in [0.2, 0.25) is 5.76 Å². The van der Waals surface area contributed by atoms with Crippen molar-refractivity contribution in [3.05, 3.63) is 52.3 Å². The summed E-state index contributed by atoms with van der Waals surface area (Å²) in [5, 5.41) is 8.57. The van der Waals surface area contributed by atoms with Crippen molar-refractivity contribution in [2.75, 3.05) is 13.7 Å². The number of hydrogen-bond donors (Lipinski definition) is 1. The summed E-state index contributed by atoms with van der Waals surface area (Å²) in [5.74, 6) is -0.403. The number of carboxylic acid groups (broad SMARTS) is 1. The molecule has 0 atom stereocenters. The monoisotopic (exact) mass is 403 g/mol. The molecule has 28 heavy (non-hydrogen) atoms. The Kier molecular flexibility index (Phi) is 5.74. The zero-order valence-corrected chi connectivity index (χ0v) is 15.9. The summed E-state index contributed by atoms with van der Waals surface area (Å²) in [5.41, 5.74) is 0.681. The van der Waals surface area contributed by atoms with Crippen LogP contribution in [0.2, 0.25) is 0 Å². The van der Waals surface area contributed by atoms with Crippen molar-refractivity contribution in [2.45, 2.75) is 13.5 Å². The predicted molar refractivity (Wildman–Crippen MR) is 101 cm³/mol. The maximum Gasteiger partial charge on any atom is 0.371 e. The van der Waals surface area contributed by atoms with E-state index in [9.17, 15) is 14.4 Å². The van der Waals surface area contributed by atoms with Crippen LogP contribution in [0.3, 0.4) is 0 Å². The fourth-order valence-corrected chi connectivity index (χ4v) is 3.25. The van der Waals surface area contributed by atoms with Crippen molar-refractivity contribution in [3.8, 4) is 11.5 Å². The summed E-state index contributed by atoms with van der Waals surface area (Å²) in [7, 11) is 1.44. The summed E-state index contributed by atoms with van der Waals surface area (Å²) in [4.78, 5) is 35.9. The number of hydrogen-bond acceptors (Lipinski definition) is 7. The molecule has 9 heteroatoms. The minimum atomic E-state index is -1.15. The number of furan rings is 1. The van der Waals surface area contributed by atoms with E-state index in [1.807, 2.05) is 6.92 Å². The van der Waals surface area contributed by atoms with Gasteiger partial charge in [-0.1, -0.05) is 6.07 Å². The molecule has 0 unspecified atom stereocenters. The molecule has 1 aliphatic heterocycles. The molecule has 0 radical (unpaired) electrons. The molecule has 2 heterocycles. The number of carboxylic acids is 1. The van der Waals surface area contributed by atoms with Crippen LogP contribution in [0.15, 0.2) is 39.7 Å². The van der Waals surface area contributed by atoms with Gasteiger partial charge in [-0.2, -0.15) is 0 Å². The van der Waals surface area contributed by atoms with Crippen LogP contribution in [0.25, 0.3) is 6.08 Å². The summed E-state index contributed by atoms with van der Waals surface area (Å²) >= 11 is 0.878. The Morgan fingerprint density at radius 1 is 1.21 bits per heavy atom. The number of carbonyl (C=O) groups excluding carboxylic acids is 2. The fraction of sp³-hybridized carbons (Fsp3) is 0.211. The molecular weight excluding hydrogens is 386 g/mol. The van der Waals surface area contributed by atoms with Crippen molar-refractivity contribution in [1.82, 2.24) is 4.90 Å². The Morgan fingerprint density at radius 3 is 2.61 bits per heavy atom. The summed E-state index contributed by atoms with van der Waals surface area (Å²) in [6, 6.07) is 7.99. The molecule has 1 saturated heterocycles. The van der Waals surface area contributed by atoms with Crippen LogP contribution in [0.4, 0.5) is 4.79 Å². The molecule has 146 valence electrons. The zero-order valence-electron chi connectivity index (χ0n) is 15.1. The number of ether oxygens (including phenoxy) is 2. The molecule has 3 rings (SSSR count). The van der Waals surface area contributed by atoms with Gasteiger partial charge in [0.15, 0.2) is 11.5 Å². The molecule has 1 aliphatic rings. The maximum atomic E-state index is 12.0. The highest BCUT2D eigenvalue weighted by molar-refractivity contribution is 8.18. The Labute approximate surface area is 164 Å². The molecule has 2 aromatic rings. The van der Waals surface area contributed by atoms with Gasteiger partial charge in [0.25, 0.3) is 11.1 Å². The molecule has 2 amide bonds. The molecule has 1 N–H and O–H groups in total. The Balaban J connectivity index is 1.78. The second-order valence-corrected chi connectivity index (χ2v) is 6.73. The van der Waals surface area contributed by atoms with Crippen LogP contribution in [-0.4, -0.2) is 40.8 Å². The fourth-order valence-electron chi connectivity index (χ4n) is 2.42. The van der Waals surface area contributed by atoms with Crippen LogP contribution >= 0.6 is 11.8 Å². The number of amides is 2. The molecule has 0 aliphatic carbocycles. The average molecular weight is 403 g/mol. The van der Waals surface area contributed by atoms with Gasteiger partial charge in [0.05, 0.1) is 11.5 Å². The number of aromatic carboxylic acids is 1. The SMILES string of the molecule is CCOc1cc(C=C2SC(=O)N(C)C2=O)ccc1OCc1ccc(C(=O)O)o1. The first kappa shape index (κ1) is 19.6. The summed E-state index contributed by atoms with van der Waals surface area (Å²) < 4.78 is 16.4. The normalized spacial score (nSPS) is 15.4. The van der Waals surface area contributed by atoms with Crippen molar-refractivity contribution < 1.29 is 33.4 Å². The van der Waals surface area contributed by atoms with Gasteiger partial charge in [0, 0.05) is 7.05 Å². The van der Waals surface area contributed by atoms with Crippen molar-refractivity contribution >= 4 is 35.0 Å². The highest BCUT2D eigenvalue weighted by Crippen LogP contribution is 2.34. The van der Waals surface area contributed by atoms with Gasteiger partial charge in [-0.3, -0.25) is 14.5 Å². The number of imide groups is 1. The van der Waals surface area contributed by atoms with Gasteiger partial charge in [-0.15, -0.1) is 0 Å². The molecule has 1 aromatic heterocycles. The second-order valence-electron chi connectivity index (χ2n) is 5.74. The molecule has 0 saturated carbocycles. The number of carbonyl (C=O) groups is 3. The Hall–Kier alpha value is -3.20. The largest absolute Gasteiger partial charge is 0.490 e. The van der Waals surface area contributed by atoms with Gasteiger partial charge >= 0.3 is 5.97 Å². The minimum absolute atomic E-state index is 0.0292. The van der Waals surface area contributed by atoms with E-state index in [1.165, 1.54) is 19.2 Å². The molecule has 8 nitrogen and oxygen atoms in total. The average Bonchev–Trinajstić information content (AvgIpc) is 3.23. The summed E-state index contributed by atoms with van der Waals surface area (Å²) in [6.07, 6.45) is 1.62. The van der Waals surface area contributed by atoms with Gasteiger partial charge < -0.3 is 19.0 Å². The molecule has 1 aromatic carbocycles. The number of benzene rings is 1. The van der Waals surface area contributed by atoms with E-state index in [4.69, 9.17) is 19.0 Å². The van der Waals surface area contributed by atoms with Gasteiger partial charge in [0.1, 0.15) is 12.4 Å². The van der Waals surface area contributed by atoms with Crippen LogP contribution in [-0.2, 0) is 11.4 Å². The van der Waals surface area contributed by atoms with Crippen molar-refractivity contribution in [1.29, 1.82) is 0 Å². The highest BCUT2D eigenvalue weighted by atomic mass is 32.2. The number of thioether (sulfide) groups is 1. The van der Waals surface area contributed by atoms with Gasteiger partial charge in [-0.05, 0) is 54.6 Å². The third kappa shape index (κ3) is 4.20. The predicted octanol–water partition coefficient (Wildman–Crippen LogP) is 3.62. The van der Waals surface area contributed by atoms with Crippen molar-refractivity contribution in [3.63, 3.8) is 0 Å². The second kappa shape index (κ2) is 8.22. The first-order valence-corrected chi connectivity index (χ1v) is 9.14. The van der Waals surface area contributed by atoms with Crippen LogP contribution < -0.4 is 9.47 Å². The van der Waals surface area contributed by atoms with E-state index in [0.717, 1.165) is 16.7 Å². The first-order chi connectivity index (χ1) is 13.4. The maximum absolute atomic E-state index is 12.0. The quantitative estimate of drug-likeness (QED) is 0.699. The van der Waals surface area contributed by atoms with Crippen LogP contribution in [0.5, 0.6) is 11.5 Å². The first-order valence-electron chi connectivity index (χ1n) is 8.32. The standard InChI is InChI=1S/C19H17NO7S/c1-3-25-15-8-11(9-16-17(21)20(2)19(24)28-16)4-6-13(15)26-10-12-5-7-14(27-12)18(22)23/h4-9H,3,10H2,1-2H3,(H,22,23). The van der Waals surface area contributed by atoms with E-state index >= 15 is 0 Å². The van der Waals surface area contributed by atoms with E-state index in [-0.39, 0.29) is 23.5 Å².